The maximum atomic E-state index is 6.78. The summed E-state index contributed by atoms with van der Waals surface area (Å²) in [5.41, 5.74) is 14.7. The predicted octanol–water partition coefficient (Wildman–Crippen LogP) is 7.75. The molecule has 0 aliphatic heterocycles. The third kappa shape index (κ3) is 9.51. The van der Waals surface area contributed by atoms with Crippen LogP contribution in [0.2, 0.25) is 0 Å². The molecule has 0 saturated carbocycles. The molecule has 0 heterocycles. The molecule has 3 atom stereocenters. The molecule has 1 aliphatic rings. The van der Waals surface area contributed by atoms with Gasteiger partial charge in [-0.3, -0.25) is 0 Å². The van der Waals surface area contributed by atoms with Gasteiger partial charge in [0.1, 0.15) is 0 Å². The first-order valence-corrected chi connectivity index (χ1v) is 15.2. The van der Waals surface area contributed by atoms with E-state index >= 15 is 0 Å². The standard InChI is InChI=1S/C37H47NO3/c1-4-34(27-39-25-31-12-8-6-9-13-31)41-36(5-2)35-24-33(23-30-18-16-29(17-19-30)20-21-38)28(3)22-37(35)40-26-32-14-10-7-11-15-32/h6-19,24,34,36-37H,4-5,20-23,25-27,38H2,1-3H3/t34?,36-,37?/m1/s1. The van der Waals surface area contributed by atoms with Crippen LogP contribution in [0.25, 0.3) is 0 Å². The van der Waals surface area contributed by atoms with Crippen molar-refractivity contribution in [2.45, 2.75) is 84.4 Å². The first-order valence-electron chi connectivity index (χ1n) is 15.2. The molecule has 0 amide bonds. The molecule has 3 aromatic carbocycles. The Kier molecular flexibility index (Phi) is 12.4. The molecule has 0 aromatic heterocycles. The lowest BCUT2D eigenvalue weighted by atomic mass is 9.84. The second kappa shape index (κ2) is 16.4. The van der Waals surface area contributed by atoms with Crippen LogP contribution in [0, 0.1) is 0 Å². The van der Waals surface area contributed by atoms with Crippen molar-refractivity contribution in [2.24, 2.45) is 5.73 Å². The van der Waals surface area contributed by atoms with Crippen LogP contribution in [0.5, 0.6) is 0 Å². The second-order valence-electron chi connectivity index (χ2n) is 11.0. The summed E-state index contributed by atoms with van der Waals surface area (Å²) in [5.74, 6) is 0. The van der Waals surface area contributed by atoms with Gasteiger partial charge in [-0.2, -0.15) is 0 Å². The van der Waals surface area contributed by atoms with E-state index in [-0.39, 0.29) is 18.3 Å². The Morgan fingerprint density at radius 1 is 0.780 bits per heavy atom. The molecular weight excluding hydrogens is 506 g/mol. The Balaban J connectivity index is 1.50. The largest absolute Gasteiger partial charge is 0.374 e. The van der Waals surface area contributed by atoms with Crippen LogP contribution < -0.4 is 5.73 Å². The van der Waals surface area contributed by atoms with Crippen molar-refractivity contribution in [1.82, 2.24) is 0 Å². The number of benzene rings is 3. The topological polar surface area (TPSA) is 53.7 Å². The van der Waals surface area contributed by atoms with Crippen LogP contribution in [-0.4, -0.2) is 31.5 Å². The van der Waals surface area contributed by atoms with Gasteiger partial charge in [-0.25, -0.2) is 0 Å². The number of rotatable bonds is 16. The quantitative estimate of drug-likeness (QED) is 0.197. The fraction of sp³-hybridized carbons (Fsp3) is 0.405. The minimum absolute atomic E-state index is 0.0152. The molecule has 1 aliphatic carbocycles. The second-order valence-corrected chi connectivity index (χ2v) is 11.0. The molecule has 0 fully saturated rings. The van der Waals surface area contributed by atoms with E-state index in [9.17, 15) is 0 Å². The lowest BCUT2D eigenvalue weighted by Gasteiger charge is -2.34. The first-order chi connectivity index (χ1) is 20.1. The summed E-state index contributed by atoms with van der Waals surface area (Å²) in [5, 5.41) is 0. The molecular formula is C37H47NO3. The summed E-state index contributed by atoms with van der Waals surface area (Å²) >= 11 is 0. The third-order valence-electron chi connectivity index (χ3n) is 7.87. The molecule has 0 spiro atoms. The Morgan fingerprint density at radius 3 is 2.02 bits per heavy atom. The molecule has 0 bridgehead atoms. The zero-order valence-corrected chi connectivity index (χ0v) is 25.1. The van der Waals surface area contributed by atoms with Crippen molar-refractivity contribution in [3.05, 3.63) is 130 Å². The molecule has 0 radical (unpaired) electrons. The normalized spacial score (nSPS) is 16.9. The Morgan fingerprint density at radius 2 is 1.41 bits per heavy atom. The van der Waals surface area contributed by atoms with Gasteiger partial charge >= 0.3 is 0 Å². The van der Waals surface area contributed by atoms with Gasteiger partial charge in [-0.05, 0) is 79.0 Å². The van der Waals surface area contributed by atoms with Crippen molar-refractivity contribution in [1.29, 1.82) is 0 Å². The maximum absolute atomic E-state index is 6.78. The van der Waals surface area contributed by atoms with E-state index in [1.807, 2.05) is 24.3 Å². The van der Waals surface area contributed by atoms with Crippen molar-refractivity contribution in [2.75, 3.05) is 13.2 Å². The zero-order chi connectivity index (χ0) is 28.9. The van der Waals surface area contributed by atoms with Crippen molar-refractivity contribution >= 4 is 0 Å². The van der Waals surface area contributed by atoms with Gasteiger partial charge in [-0.15, -0.1) is 0 Å². The third-order valence-corrected chi connectivity index (χ3v) is 7.87. The number of allylic oxidation sites excluding steroid dienone is 2. The molecule has 4 rings (SSSR count). The highest BCUT2D eigenvalue weighted by atomic mass is 16.5. The van der Waals surface area contributed by atoms with E-state index in [0.29, 0.717) is 26.4 Å². The van der Waals surface area contributed by atoms with Crippen LogP contribution in [0.1, 0.15) is 62.3 Å². The van der Waals surface area contributed by atoms with Gasteiger partial charge in [0, 0.05) is 0 Å². The fourth-order valence-corrected chi connectivity index (χ4v) is 5.36. The Hall–Kier alpha value is -3.02. The fourth-order valence-electron chi connectivity index (χ4n) is 5.36. The molecule has 3 aromatic rings. The summed E-state index contributed by atoms with van der Waals surface area (Å²) in [4.78, 5) is 0. The highest BCUT2D eigenvalue weighted by Crippen LogP contribution is 2.33. The molecule has 2 unspecified atom stereocenters. The summed E-state index contributed by atoms with van der Waals surface area (Å²) in [7, 11) is 0. The summed E-state index contributed by atoms with van der Waals surface area (Å²) in [6.45, 7) is 9.06. The number of nitrogens with two attached hydrogens (primary N) is 1. The summed E-state index contributed by atoms with van der Waals surface area (Å²) < 4.78 is 19.5. The van der Waals surface area contributed by atoms with E-state index in [2.05, 4.69) is 87.5 Å². The average Bonchev–Trinajstić information content (AvgIpc) is 3.01. The maximum Gasteiger partial charge on any atom is 0.0854 e. The SMILES string of the molecule is CCC(COCc1ccccc1)O[C@H](CC)C1=CC(Cc2ccc(CCN)cc2)=C(C)CC1OCc1ccccc1. The highest BCUT2D eigenvalue weighted by Gasteiger charge is 2.29. The van der Waals surface area contributed by atoms with Gasteiger partial charge < -0.3 is 19.9 Å². The highest BCUT2D eigenvalue weighted by molar-refractivity contribution is 5.41. The van der Waals surface area contributed by atoms with Crippen LogP contribution in [0.3, 0.4) is 0 Å². The number of hydrogen-bond acceptors (Lipinski definition) is 4. The van der Waals surface area contributed by atoms with E-state index in [1.165, 1.54) is 39.0 Å². The van der Waals surface area contributed by atoms with Gasteiger partial charge in [0.05, 0.1) is 38.1 Å². The zero-order valence-electron chi connectivity index (χ0n) is 25.1. The number of hydrogen-bond donors (Lipinski definition) is 1. The minimum Gasteiger partial charge on any atom is -0.374 e. The first kappa shape index (κ1) is 30.9. The van der Waals surface area contributed by atoms with E-state index in [4.69, 9.17) is 19.9 Å². The molecule has 4 heteroatoms. The molecule has 0 saturated heterocycles. The van der Waals surface area contributed by atoms with Crippen molar-refractivity contribution < 1.29 is 14.2 Å². The molecule has 41 heavy (non-hydrogen) atoms. The van der Waals surface area contributed by atoms with Crippen LogP contribution in [0.4, 0.5) is 0 Å². The molecule has 4 nitrogen and oxygen atoms in total. The van der Waals surface area contributed by atoms with Crippen LogP contribution in [0.15, 0.2) is 108 Å². The monoisotopic (exact) mass is 553 g/mol. The van der Waals surface area contributed by atoms with Gasteiger partial charge in [-0.1, -0.05) is 110 Å². The molecule has 2 N–H and O–H groups in total. The summed E-state index contributed by atoms with van der Waals surface area (Å²) in [6, 6.07) is 29.6. The van der Waals surface area contributed by atoms with E-state index < -0.39 is 0 Å². The average molecular weight is 554 g/mol. The Bertz CT molecular complexity index is 1230. The van der Waals surface area contributed by atoms with Crippen LogP contribution >= 0.6 is 0 Å². The molecule has 218 valence electrons. The summed E-state index contributed by atoms with van der Waals surface area (Å²) in [6.07, 6.45) is 6.80. The van der Waals surface area contributed by atoms with E-state index in [0.717, 1.165) is 32.1 Å². The lowest BCUT2D eigenvalue weighted by Crippen LogP contribution is -2.33. The number of ether oxygens (including phenoxy) is 3. The predicted molar refractivity (Wildman–Crippen MR) is 169 cm³/mol. The van der Waals surface area contributed by atoms with Gasteiger partial charge in [0.15, 0.2) is 0 Å². The van der Waals surface area contributed by atoms with Crippen molar-refractivity contribution in [3.8, 4) is 0 Å². The van der Waals surface area contributed by atoms with Crippen LogP contribution in [-0.2, 0) is 40.3 Å². The minimum atomic E-state index is -0.0314. The van der Waals surface area contributed by atoms with E-state index in [1.54, 1.807) is 0 Å². The lowest BCUT2D eigenvalue weighted by molar-refractivity contribution is -0.0610. The Labute approximate surface area is 247 Å². The smallest absolute Gasteiger partial charge is 0.0854 e. The van der Waals surface area contributed by atoms with Crippen molar-refractivity contribution in [3.63, 3.8) is 0 Å². The van der Waals surface area contributed by atoms with Gasteiger partial charge in [0.2, 0.25) is 0 Å². The van der Waals surface area contributed by atoms with Gasteiger partial charge in [0.25, 0.3) is 0 Å².